The molecule has 2 aromatic rings. The molecular formula is C12H10BrN3O3. The van der Waals surface area contributed by atoms with E-state index >= 15 is 0 Å². The molecule has 6 nitrogen and oxygen atoms in total. The molecule has 1 aromatic heterocycles. The minimum Gasteiger partial charge on any atom is -0.473 e. The Morgan fingerprint density at radius 2 is 2.16 bits per heavy atom. The quantitative estimate of drug-likeness (QED) is 0.690. The highest BCUT2D eigenvalue weighted by Crippen LogP contribution is 2.21. The van der Waals surface area contributed by atoms with Crippen molar-refractivity contribution in [2.45, 2.75) is 6.61 Å². The van der Waals surface area contributed by atoms with Gasteiger partial charge >= 0.3 is 0 Å². The fraction of sp³-hybridized carbons (Fsp3) is 0.0833. The Morgan fingerprint density at radius 3 is 2.84 bits per heavy atom. The SMILES string of the molecule is Nc1cc([N+](=O)[O-])cc(OCc2cccc(Br)c2)n1. The molecule has 0 atom stereocenters. The molecular weight excluding hydrogens is 314 g/mol. The van der Waals surface area contributed by atoms with Gasteiger partial charge in [0, 0.05) is 4.47 Å². The first-order valence-corrected chi connectivity index (χ1v) is 6.13. The summed E-state index contributed by atoms with van der Waals surface area (Å²) in [5.74, 6) is 0.185. The van der Waals surface area contributed by atoms with E-state index in [-0.39, 0.29) is 24.0 Å². The second-order valence-electron chi connectivity index (χ2n) is 3.76. The Hall–Kier alpha value is -2.15. The smallest absolute Gasteiger partial charge is 0.278 e. The van der Waals surface area contributed by atoms with E-state index in [1.165, 1.54) is 12.1 Å². The van der Waals surface area contributed by atoms with Gasteiger partial charge in [0.15, 0.2) is 0 Å². The number of rotatable bonds is 4. The molecule has 19 heavy (non-hydrogen) atoms. The number of benzene rings is 1. The van der Waals surface area contributed by atoms with Crippen LogP contribution >= 0.6 is 15.9 Å². The summed E-state index contributed by atoms with van der Waals surface area (Å²) in [6.45, 7) is 0.257. The minimum atomic E-state index is -0.538. The van der Waals surface area contributed by atoms with Gasteiger partial charge < -0.3 is 10.5 Å². The van der Waals surface area contributed by atoms with E-state index in [1.54, 1.807) is 0 Å². The highest BCUT2D eigenvalue weighted by molar-refractivity contribution is 9.10. The number of halogens is 1. The van der Waals surface area contributed by atoms with Crippen LogP contribution in [0, 0.1) is 10.1 Å². The number of hydrogen-bond donors (Lipinski definition) is 1. The molecule has 98 valence electrons. The van der Waals surface area contributed by atoms with Gasteiger partial charge in [-0.15, -0.1) is 0 Å². The summed E-state index contributed by atoms with van der Waals surface area (Å²) in [5, 5.41) is 10.7. The van der Waals surface area contributed by atoms with Crippen LogP contribution in [0.15, 0.2) is 40.9 Å². The van der Waals surface area contributed by atoms with Gasteiger partial charge in [-0.1, -0.05) is 28.1 Å². The van der Waals surface area contributed by atoms with Crippen molar-refractivity contribution < 1.29 is 9.66 Å². The maximum Gasteiger partial charge on any atom is 0.278 e. The average molecular weight is 324 g/mol. The fourth-order valence-electron chi connectivity index (χ4n) is 1.47. The van der Waals surface area contributed by atoms with Gasteiger partial charge in [0.2, 0.25) is 5.88 Å². The first-order chi connectivity index (χ1) is 9.04. The minimum absolute atomic E-state index is 0.0541. The zero-order chi connectivity index (χ0) is 13.8. The zero-order valence-corrected chi connectivity index (χ0v) is 11.3. The molecule has 0 aliphatic heterocycles. The second-order valence-corrected chi connectivity index (χ2v) is 4.68. The summed E-state index contributed by atoms with van der Waals surface area (Å²) >= 11 is 3.35. The van der Waals surface area contributed by atoms with Crippen molar-refractivity contribution in [2.24, 2.45) is 0 Å². The van der Waals surface area contributed by atoms with Crippen LogP contribution in [-0.4, -0.2) is 9.91 Å². The summed E-state index contributed by atoms with van der Waals surface area (Å²) in [7, 11) is 0. The molecule has 0 saturated heterocycles. The number of hydrogen-bond acceptors (Lipinski definition) is 5. The number of aromatic nitrogens is 1. The zero-order valence-electron chi connectivity index (χ0n) is 9.75. The molecule has 2 rings (SSSR count). The molecule has 0 spiro atoms. The second kappa shape index (κ2) is 5.66. The molecule has 1 heterocycles. The van der Waals surface area contributed by atoms with Crippen molar-refractivity contribution in [2.75, 3.05) is 5.73 Å². The van der Waals surface area contributed by atoms with Gasteiger partial charge in [-0.2, -0.15) is 4.98 Å². The Bertz CT molecular complexity index is 619. The molecule has 7 heteroatoms. The molecule has 1 aromatic carbocycles. The topological polar surface area (TPSA) is 91.3 Å². The standard InChI is InChI=1S/C12H10BrN3O3/c13-9-3-1-2-8(4-9)7-19-12-6-10(16(17)18)5-11(14)15-12/h1-6H,7H2,(H2,14,15). The number of nitro groups is 1. The summed E-state index contributed by atoms with van der Waals surface area (Å²) in [6, 6.07) is 9.97. The van der Waals surface area contributed by atoms with Crippen LogP contribution in [0.4, 0.5) is 11.5 Å². The number of pyridine rings is 1. The predicted molar refractivity (Wildman–Crippen MR) is 73.8 cm³/mol. The highest BCUT2D eigenvalue weighted by Gasteiger charge is 2.10. The third-order valence-corrected chi connectivity index (χ3v) is 2.79. The first-order valence-electron chi connectivity index (χ1n) is 5.34. The summed E-state index contributed by atoms with van der Waals surface area (Å²) in [6.07, 6.45) is 0. The van der Waals surface area contributed by atoms with E-state index < -0.39 is 4.92 Å². The number of ether oxygens (including phenoxy) is 1. The maximum atomic E-state index is 10.7. The lowest BCUT2D eigenvalue weighted by Gasteiger charge is -2.06. The van der Waals surface area contributed by atoms with Crippen LogP contribution in [0.25, 0.3) is 0 Å². The monoisotopic (exact) mass is 323 g/mol. The molecule has 0 aliphatic rings. The van der Waals surface area contributed by atoms with E-state index in [1.807, 2.05) is 24.3 Å². The van der Waals surface area contributed by atoms with E-state index in [2.05, 4.69) is 20.9 Å². The van der Waals surface area contributed by atoms with Crippen LogP contribution in [0.3, 0.4) is 0 Å². The lowest BCUT2D eigenvalue weighted by molar-refractivity contribution is -0.384. The molecule has 0 amide bonds. The number of anilines is 1. The number of nitrogens with two attached hydrogens (primary N) is 1. The van der Waals surface area contributed by atoms with E-state index in [9.17, 15) is 10.1 Å². The van der Waals surface area contributed by atoms with Crippen molar-refractivity contribution in [3.8, 4) is 5.88 Å². The van der Waals surface area contributed by atoms with Crippen LogP contribution < -0.4 is 10.5 Å². The number of nitrogens with zero attached hydrogens (tertiary/aromatic N) is 2. The summed E-state index contributed by atoms with van der Waals surface area (Å²) < 4.78 is 6.33. The molecule has 0 radical (unpaired) electrons. The van der Waals surface area contributed by atoms with Gasteiger partial charge in [-0.05, 0) is 17.7 Å². The fourth-order valence-corrected chi connectivity index (χ4v) is 1.92. The van der Waals surface area contributed by atoms with E-state index in [0.717, 1.165) is 10.0 Å². The molecule has 2 N–H and O–H groups in total. The molecule has 0 fully saturated rings. The maximum absolute atomic E-state index is 10.7. The van der Waals surface area contributed by atoms with Crippen LogP contribution in [0.1, 0.15) is 5.56 Å². The van der Waals surface area contributed by atoms with Gasteiger partial charge in [0.05, 0.1) is 17.1 Å². The van der Waals surface area contributed by atoms with Crippen molar-refractivity contribution in [1.29, 1.82) is 0 Å². The Labute approximate surface area is 117 Å². The summed E-state index contributed by atoms with van der Waals surface area (Å²) in [5.41, 5.74) is 6.26. The molecule has 0 aliphatic carbocycles. The van der Waals surface area contributed by atoms with Crippen LogP contribution in [0.5, 0.6) is 5.88 Å². The highest BCUT2D eigenvalue weighted by atomic mass is 79.9. The molecule has 0 unspecified atom stereocenters. The van der Waals surface area contributed by atoms with E-state index in [0.29, 0.717) is 0 Å². The van der Waals surface area contributed by atoms with Crippen molar-refractivity contribution in [3.63, 3.8) is 0 Å². The lowest BCUT2D eigenvalue weighted by Crippen LogP contribution is -2.01. The van der Waals surface area contributed by atoms with Crippen molar-refractivity contribution >= 4 is 27.4 Å². The predicted octanol–water partition coefficient (Wildman–Crippen LogP) is 2.91. The lowest BCUT2D eigenvalue weighted by atomic mass is 10.2. The number of nitrogen functional groups attached to an aromatic ring is 1. The third kappa shape index (κ3) is 3.65. The Kier molecular flexibility index (Phi) is 3.96. The van der Waals surface area contributed by atoms with Gasteiger partial charge in [0.25, 0.3) is 5.69 Å². The average Bonchev–Trinajstić information content (AvgIpc) is 2.36. The Morgan fingerprint density at radius 1 is 1.37 bits per heavy atom. The van der Waals surface area contributed by atoms with Crippen LogP contribution in [-0.2, 0) is 6.61 Å². The molecule has 0 bridgehead atoms. The summed E-state index contributed by atoms with van der Waals surface area (Å²) in [4.78, 5) is 14.0. The largest absolute Gasteiger partial charge is 0.473 e. The van der Waals surface area contributed by atoms with Crippen molar-refractivity contribution in [1.82, 2.24) is 4.98 Å². The van der Waals surface area contributed by atoms with Crippen LogP contribution in [0.2, 0.25) is 0 Å². The normalized spacial score (nSPS) is 10.2. The van der Waals surface area contributed by atoms with E-state index in [4.69, 9.17) is 10.5 Å². The van der Waals surface area contributed by atoms with Crippen molar-refractivity contribution in [3.05, 3.63) is 56.5 Å². The first kappa shape index (κ1) is 13.3. The van der Waals surface area contributed by atoms with Gasteiger partial charge in [-0.3, -0.25) is 10.1 Å². The third-order valence-electron chi connectivity index (χ3n) is 2.29. The molecule has 0 saturated carbocycles. The van der Waals surface area contributed by atoms with Gasteiger partial charge in [0.1, 0.15) is 12.4 Å². The van der Waals surface area contributed by atoms with Gasteiger partial charge in [-0.25, -0.2) is 0 Å². The Balaban J connectivity index is 2.13.